The molecule has 1 heterocycles. The number of hydrogen-bond acceptors (Lipinski definition) is 4. The number of ether oxygens (including phenoxy) is 1. The first-order valence-electron chi connectivity index (χ1n) is 5.93. The second-order valence-electron chi connectivity index (χ2n) is 4.00. The predicted octanol–water partition coefficient (Wildman–Crippen LogP) is 1.79. The SMILES string of the molecule is CCOC(=O)CC=Cc1ccc2c(c1)C(=O)C(=O)N2. The molecule has 5 nitrogen and oxygen atoms in total. The van der Waals surface area contributed by atoms with Crippen LogP contribution in [0, 0.1) is 0 Å². The van der Waals surface area contributed by atoms with Gasteiger partial charge in [-0.15, -0.1) is 0 Å². The lowest BCUT2D eigenvalue weighted by atomic mass is 10.1. The molecule has 0 spiro atoms. The zero-order valence-electron chi connectivity index (χ0n) is 10.4. The number of carbonyl (C=O) groups is 3. The highest BCUT2D eigenvalue weighted by Crippen LogP contribution is 2.24. The summed E-state index contributed by atoms with van der Waals surface area (Å²) in [5, 5.41) is 2.48. The molecular weight excluding hydrogens is 246 g/mol. The third-order valence-electron chi connectivity index (χ3n) is 2.64. The summed E-state index contributed by atoms with van der Waals surface area (Å²) in [4.78, 5) is 33.8. The molecule has 5 heteroatoms. The normalized spacial score (nSPS) is 13.5. The fourth-order valence-corrected chi connectivity index (χ4v) is 1.77. The number of carbonyl (C=O) groups excluding carboxylic acids is 3. The Balaban J connectivity index is 2.07. The van der Waals surface area contributed by atoms with Gasteiger partial charge >= 0.3 is 5.97 Å². The summed E-state index contributed by atoms with van der Waals surface area (Å²) in [5.74, 6) is -1.44. The van der Waals surface area contributed by atoms with Crippen LogP contribution in [0.25, 0.3) is 6.08 Å². The van der Waals surface area contributed by atoms with Crippen molar-refractivity contribution in [2.24, 2.45) is 0 Å². The fourth-order valence-electron chi connectivity index (χ4n) is 1.77. The minimum Gasteiger partial charge on any atom is -0.466 e. The maximum Gasteiger partial charge on any atom is 0.309 e. The van der Waals surface area contributed by atoms with Crippen molar-refractivity contribution in [2.45, 2.75) is 13.3 Å². The summed E-state index contributed by atoms with van der Waals surface area (Å²) in [7, 11) is 0. The van der Waals surface area contributed by atoms with Gasteiger partial charge in [0, 0.05) is 0 Å². The van der Waals surface area contributed by atoms with Gasteiger partial charge < -0.3 is 10.1 Å². The topological polar surface area (TPSA) is 72.5 Å². The largest absolute Gasteiger partial charge is 0.466 e. The highest BCUT2D eigenvalue weighted by molar-refractivity contribution is 6.51. The van der Waals surface area contributed by atoms with Crippen molar-refractivity contribution >= 4 is 29.4 Å². The number of hydrogen-bond donors (Lipinski definition) is 1. The molecule has 0 saturated heterocycles. The van der Waals surface area contributed by atoms with Crippen molar-refractivity contribution in [3.63, 3.8) is 0 Å². The van der Waals surface area contributed by atoms with Crippen LogP contribution in [0.4, 0.5) is 5.69 Å². The number of anilines is 1. The quantitative estimate of drug-likeness (QED) is 0.661. The molecule has 0 bridgehead atoms. The lowest BCUT2D eigenvalue weighted by Gasteiger charge is -1.99. The van der Waals surface area contributed by atoms with Crippen molar-refractivity contribution in [3.05, 3.63) is 35.4 Å². The minimum absolute atomic E-state index is 0.177. The average Bonchev–Trinajstić information content (AvgIpc) is 2.66. The lowest BCUT2D eigenvalue weighted by Crippen LogP contribution is -2.12. The third kappa shape index (κ3) is 2.88. The van der Waals surface area contributed by atoms with E-state index in [1.54, 1.807) is 37.3 Å². The van der Waals surface area contributed by atoms with E-state index in [1.165, 1.54) is 0 Å². The molecule has 98 valence electrons. The van der Waals surface area contributed by atoms with Crippen LogP contribution in [0.3, 0.4) is 0 Å². The van der Waals surface area contributed by atoms with Gasteiger partial charge in [0.05, 0.1) is 24.3 Å². The van der Waals surface area contributed by atoms with E-state index in [-0.39, 0.29) is 12.4 Å². The second-order valence-corrected chi connectivity index (χ2v) is 4.00. The van der Waals surface area contributed by atoms with E-state index < -0.39 is 11.7 Å². The summed E-state index contributed by atoms with van der Waals surface area (Å²) >= 11 is 0. The van der Waals surface area contributed by atoms with E-state index in [4.69, 9.17) is 4.74 Å². The Morgan fingerprint density at radius 1 is 1.37 bits per heavy atom. The van der Waals surface area contributed by atoms with Crippen LogP contribution >= 0.6 is 0 Å². The molecule has 0 aliphatic carbocycles. The molecular formula is C14H13NO4. The molecule has 0 fully saturated rings. The van der Waals surface area contributed by atoms with Crippen LogP contribution in [-0.2, 0) is 14.3 Å². The standard InChI is InChI=1S/C14H13NO4/c1-2-19-12(16)5-3-4-9-6-7-11-10(8-9)13(17)14(18)15-11/h3-4,6-8H,2,5H2,1H3,(H,15,17,18). The molecule has 0 atom stereocenters. The van der Waals surface area contributed by atoms with Gasteiger partial charge in [-0.05, 0) is 24.6 Å². The fraction of sp³-hybridized carbons (Fsp3) is 0.214. The zero-order valence-corrected chi connectivity index (χ0v) is 10.4. The van der Waals surface area contributed by atoms with Crippen molar-refractivity contribution in [1.29, 1.82) is 0 Å². The number of esters is 1. The van der Waals surface area contributed by atoms with E-state index in [0.29, 0.717) is 17.9 Å². The lowest BCUT2D eigenvalue weighted by molar-refractivity contribution is -0.142. The first-order chi connectivity index (χ1) is 9.11. The van der Waals surface area contributed by atoms with Gasteiger partial charge in [-0.3, -0.25) is 14.4 Å². The number of fused-ring (bicyclic) bond motifs is 1. The van der Waals surface area contributed by atoms with Crippen LogP contribution in [0.2, 0.25) is 0 Å². The number of nitrogens with one attached hydrogen (secondary N) is 1. The molecule has 1 aromatic carbocycles. The van der Waals surface area contributed by atoms with Crippen LogP contribution in [0.15, 0.2) is 24.3 Å². The monoisotopic (exact) mass is 259 g/mol. The third-order valence-corrected chi connectivity index (χ3v) is 2.64. The second kappa shape index (κ2) is 5.48. The molecule has 2 rings (SSSR count). The molecule has 0 unspecified atom stereocenters. The Bertz CT molecular complexity index is 575. The van der Waals surface area contributed by atoms with Crippen molar-refractivity contribution in [2.75, 3.05) is 11.9 Å². The highest BCUT2D eigenvalue weighted by atomic mass is 16.5. The zero-order chi connectivity index (χ0) is 13.8. The summed E-state index contributed by atoms with van der Waals surface area (Å²) in [6.45, 7) is 2.10. The van der Waals surface area contributed by atoms with Gasteiger partial charge in [-0.2, -0.15) is 0 Å². The van der Waals surface area contributed by atoms with Crippen LogP contribution in [0.5, 0.6) is 0 Å². The van der Waals surface area contributed by atoms with Gasteiger partial charge in [0.15, 0.2) is 0 Å². The summed E-state index contributed by atoms with van der Waals surface area (Å²) in [5.41, 5.74) is 1.65. The Labute approximate surface area is 110 Å². The molecule has 1 aliphatic rings. The summed E-state index contributed by atoms with van der Waals surface area (Å²) in [6.07, 6.45) is 3.55. The Morgan fingerprint density at radius 2 is 2.16 bits per heavy atom. The van der Waals surface area contributed by atoms with E-state index in [2.05, 4.69) is 5.32 Å². The van der Waals surface area contributed by atoms with E-state index >= 15 is 0 Å². The molecule has 1 aliphatic heterocycles. The number of rotatable bonds is 4. The van der Waals surface area contributed by atoms with Gasteiger partial charge in [-0.1, -0.05) is 18.2 Å². The molecule has 1 N–H and O–H groups in total. The van der Waals surface area contributed by atoms with Crippen LogP contribution < -0.4 is 5.32 Å². The predicted molar refractivity (Wildman–Crippen MR) is 69.7 cm³/mol. The molecule has 0 aromatic heterocycles. The van der Waals surface area contributed by atoms with Crippen molar-refractivity contribution < 1.29 is 19.1 Å². The van der Waals surface area contributed by atoms with Gasteiger partial charge in [0.1, 0.15) is 0 Å². The molecule has 1 aromatic rings. The number of amides is 1. The maximum atomic E-state index is 11.5. The maximum absolute atomic E-state index is 11.5. The van der Waals surface area contributed by atoms with Gasteiger partial charge in [-0.25, -0.2) is 0 Å². The van der Waals surface area contributed by atoms with E-state index in [1.807, 2.05) is 0 Å². The average molecular weight is 259 g/mol. The van der Waals surface area contributed by atoms with E-state index in [9.17, 15) is 14.4 Å². The molecule has 0 radical (unpaired) electrons. The first-order valence-corrected chi connectivity index (χ1v) is 5.93. The van der Waals surface area contributed by atoms with Gasteiger partial charge in [0.25, 0.3) is 11.7 Å². The number of Topliss-reactive ketones (excluding diaryl/α,β-unsaturated/α-hetero) is 1. The van der Waals surface area contributed by atoms with Crippen LogP contribution in [0.1, 0.15) is 29.3 Å². The first kappa shape index (κ1) is 13.0. The highest BCUT2D eigenvalue weighted by Gasteiger charge is 2.27. The molecule has 1 amide bonds. The van der Waals surface area contributed by atoms with Gasteiger partial charge in [0.2, 0.25) is 0 Å². The smallest absolute Gasteiger partial charge is 0.309 e. The Kier molecular flexibility index (Phi) is 3.75. The summed E-state index contributed by atoms with van der Waals surface area (Å²) in [6, 6.07) is 5.05. The Morgan fingerprint density at radius 3 is 2.89 bits per heavy atom. The van der Waals surface area contributed by atoms with Crippen molar-refractivity contribution in [1.82, 2.24) is 0 Å². The molecule has 0 saturated carbocycles. The Hall–Kier alpha value is -2.43. The van der Waals surface area contributed by atoms with Crippen LogP contribution in [-0.4, -0.2) is 24.3 Å². The number of benzene rings is 1. The summed E-state index contributed by atoms with van der Waals surface area (Å²) < 4.78 is 4.79. The molecule has 19 heavy (non-hydrogen) atoms. The van der Waals surface area contributed by atoms with E-state index in [0.717, 1.165) is 5.56 Å². The minimum atomic E-state index is -0.609. The number of ketones is 1. The van der Waals surface area contributed by atoms with Crippen molar-refractivity contribution in [3.8, 4) is 0 Å².